The van der Waals surface area contributed by atoms with E-state index in [9.17, 15) is 14.4 Å². The predicted molar refractivity (Wildman–Crippen MR) is 119 cm³/mol. The number of nitrogens with two attached hydrogens (primary N) is 1. The summed E-state index contributed by atoms with van der Waals surface area (Å²) in [6.45, 7) is 4.73. The number of nitrogen functional groups attached to an aromatic ring is 1. The number of carbonyl (C=O) groups is 1. The van der Waals surface area contributed by atoms with E-state index in [2.05, 4.69) is 20.9 Å². The van der Waals surface area contributed by atoms with Crippen molar-refractivity contribution in [1.82, 2.24) is 9.55 Å². The zero-order valence-corrected chi connectivity index (χ0v) is 18.4. The van der Waals surface area contributed by atoms with Crippen LogP contribution in [-0.4, -0.2) is 22.0 Å². The maximum atomic E-state index is 12.9. The average Bonchev–Trinajstić information content (AvgIpc) is 3.07. The third-order valence-electron chi connectivity index (χ3n) is 4.20. The number of aromatic amines is 1. The van der Waals surface area contributed by atoms with Gasteiger partial charge in [-0.25, -0.2) is 4.79 Å². The molecule has 0 saturated heterocycles. The van der Waals surface area contributed by atoms with Gasteiger partial charge in [-0.15, -0.1) is 11.3 Å². The smallest absolute Gasteiger partial charge is 0.330 e. The first-order valence-electron chi connectivity index (χ1n) is 9.26. The van der Waals surface area contributed by atoms with Crippen molar-refractivity contribution in [3.8, 4) is 0 Å². The minimum absolute atomic E-state index is 0.0268. The molecule has 0 saturated carbocycles. The lowest BCUT2D eigenvalue weighted by Gasteiger charge is -2.23. The summed E-state index contributed by atoms with van der Waals surface area (Å²) in [5, 5.41) is 0. The molecule has 7 nitrogen and oxygen atoms in total. The number of anilines is 2. The van der Waals surface area contributed by atoms with Crippen LogP contribution in [0.15, 0.2) is 31.6 Å². The van der Waals surface area contributed by atoms with Crippen molar-refractivity contribution < 1.29 is 4.79 Å². The van der Waals surface area contributed by atoms with Crippen molar-refractivity contribution in [2.24, 2.45) is 0 Å². The number of unbranched alkanes of at least 4 members (excludes halogenated alkanes) is 2. The van der Waals surface area contributed by atoms with Gasteiger partial charge in [0.25, 0.3) is 11.5 Å². The maximum absolute atomic E-state index is 12.9. The summed E-state index contributed by atoms with van der Waals surface area (Å²) in [5.41, 5.74) is 5.00. The molecule has 1 amide bonds. The summed E-state index contributed by atoms with van der Waals surface area (Å²) < 4.78 is 2.29. The SMILES string of the molecule is CCCCN(C(=O)/C=C/c1ccc(Br)s1)c1c(N)n(CCCC)c(=O)[nH]c1=O. The van der Waals surface area contributed by atoms with Crippen LogP contribution in [0.25, 0.3) is 6.08 Å². The van der Waals surface area contributed by atoms with Crippen molar-refractivity contribution >= 4 is 50.8 Å². The van der Waals surface area contributed by atoms with E-state index in [-0.39, 0.29) is 17.4 Å². The zero-order chi connectivity index (χ0) is 20.7. The standard InChI is InChI=1S/C19H25BrN4O3S/c1-3-5-11-23(15(25)10-8-13-7-9-14(20)28-13)16-17(21)24(12-6-4-2)19(27)22-18(16)26/h7-10H,3-6,11-12,21H2,1-2H3,(H,22,26,27)/b10-8+. The molecule has 3 N–H and O–H groups in total. The molecule has 152 valence electrons. The van der Waals surface area contributed by atoms with Gasteiger partial charge in [0.2, 0.25) is 0 Å². The number of halogens is 1. The lowest BCUT2D eigenvalue weighted by molar-refractivity contribution is -0.114. The fourth-order valence-electron chi connectivity index (χ4n) is 2.69. The molecule has 0 fully saturated rings. The van der Waals surface area contributed by atoms with E-state index < -0.39 is 11.2 Å². The van der Waals surface area contributed by atoms with Crippen LogP contribution in [0, 0.1) is 0 Å². The molecule has 0 aliphatic rings. The first kappa shape index (κ1) is 22.2. The topological polar surface area (TPSA) is 101 Å². The van der Waals surface area contributed by atoms with Crippen LogP contribution in [0.1, 0.15) is 44.4 Å². The molecule has 0 aromatic carbocycles. The van der Waals surface area contributed by atoms with Crippen LogP contribution in [0.5, 0.6) is 0 Å². The van der Waals surface area contributed by atoms with Gasteiger partial charge in [-0.2, -0.15) is 0 Å². The molecular formula is C19H25BrN4O3S. The summed E-state index contributed by atoms with van der Waals surface area (Å²) in [6.07, 6.45) is 6.29. The molecule has 0 bridgehead atoms. The van der Waals surface area contributed by atoms with E-state index in [1.807, 2.05) is 26.0 Å². The van der Waals surface area contributed by atoms with Crippen molar-refractivity contribution in [1.29, 1.82) is 0 Å². The fourth-order valence-corrected chi connectivity index (χ4v) is 4.01. The molecule has 0 aliphatic heterocycles. The first-order chi connectivity index (χ1) is 13.4. The van der Waals surface area contributed by atoms with Crippen molar-refractivity contribution in [2.45, 2.75) is 46.1 Å². The summed E-state index contributed by atoms with van der Waals surface area (Å²) in [6, 6.07) is 3.79. The Morgan fingerprint density at radius 2 is 2.00 bits per heavy atom. The number of amides is 1. The van der Waals surface area contributed by atoms with Gasteiger partial charge in [-0.3, -0.25) is 19.1 Å². The van der Waals surface area contributed by atoms with Gasteiger partial charge in [0.1, 0.15) is 5.82 Å². The number of hydrogen-bond donors (Lipinski definition) is 2. The molecule has 0 spiro atoms. The highest BCUT2D eigenvalue weighted by Crippen LogP contribution is 2.24. The number of H-pyrrole nitrogens is 1. The largest absolute Gasteiger partial charge is 0.383 e. The summed E-state index contributed by atoms with van der Waals surface area (Å²) >= 11 is 4.88. The van der Waals surface area contributed by atoms with Gasteiger partial charge in [0.15, 0.2) is 5.69 Å². The Morgan fingerprint density at radius 1 is 1.29 bits per heavy atom. The highest BCUT2D eigenvalue weighted by molar-refractivity contribution is 9.11. The van der Waals surface area contributed by atoms with E-state index in [1.54, 1.807) is 6.08 Å². The number of hydrogen-bond acceptors (Lipinski definition) is 5. The number of nitrogens with one attached hydrogen (secondary N) is 1. The third-order valence-corrected chi connectivity index (χ3v) is 5.79. The van der Waals surface area contributed by atoms with Crippen LogP contribution in [0.4, 0.5) is 11.5 Å². The van der Waals surface area contributed by atoms with Crippen LogP contribution >= 0.6 is 27.3 Å². The van der Waals surface area contributed by atoms with Crippen molar-refractivity contribution in [3.63, 3.8) is 0 Å². The molecule has 0 radical (unpaired) electrons. The van der Waals surface area contributed by atoms with Crippen LogP contribution < -0.4 is 21.9 Å². The lowest BCUT2D eigenvalue weighted by atomic mass is 10.2. The van der Waals surface area contributed by atoms with Crippen LogP contribution in [-0.2, 0) is 11.3 Å². The quantitative estimate of drug-likeness (QED) is 0.548. The minimum Gasteiger partial charge on any atom is -0.383 e. The number of nitrogens with zero attached hydrogens (tertiary/aromatic N) is 2. The highest BCUT2D eigenvalue weighted by atomic mass is 79.9. The van der Waals surface area contributed by atoms with Gasteiger partial charge >= 0.3 is 5.69 Å². The predicted octanol–water partition coefficient (Wildman–Crippen LogP) is 3.59. The summed E-state index contributed by atoms with van der Waals surface area (Å²) in [5.74, 6) is -0.324. The van der Waals surface area contributed by atoms with E-state index in [1.165, 1.54) is 26.9 Å². The van der Waals surface area contributed by atoms with Crippen molar-refractivity contribution in [3.05, 3.63) is 47.7 Å². The van der Waals surface area contributed by atoms with E-state index in [0.717, 1.165) is 27.9 Å². The molecule has 2 aromatic rings. The fraction of sp³-hybridized carbons (Fsp3) is 0.421. The number of aromatic nitrogens is 2. The zero-order valence-electron chi connectivity index (χ0n) is 16.0. The Labute approximate surface area is 176 Å². The minimum atomic E-state index is -0.646. The van der Waals surface area contributed by atoms with Gasteiger partial charge in [0.05, 0.1) is 3.79 Å². The highest BCUT2D eigenvalue weighted by Gasteiger charge is 2.22. The monoisotopic (exact) mass is 468 g/mol. The Hall–Kier alpha value is -2.13. The van der Waals surface area contributed by atoms with Gasteiger partial charge in [-0.1, -0.05) is 26.7 Å². The Morgan fingerprint density at radius 3 is 2.61 bits per heavy atom. The molecule has 0 aliphatic carbocycles. The molecule has 0 unspecified atom stereocenters. The normalized spacial score (nSPS) is 11.2. The third kappa shape index (κ3) is 5.45. The second-order valence-corrected chi connectivity index (χ2v) is 8.81. The lowest BCUT2D eigenvalue weighted by Crippen LogP contribution is -2.41. The van der Waals surface area contributed by atoms with E-state index in [0.29, 0.717) is 19.5 Å². The molecule has 9 heteroatoms. The van der Waals surface area contributed by atoms with E-state index >= 15 is 0 Å². The second kappa shape index (κ2) is 10.4. The molecule has 2 heterocycles. The molecule has 2 aromatic heterocycles. The van der Waals surface area contributed by atoms with Crippen LogP contribution in [0.3, 0.4) is 0 Å². The Bertz CT molecular complexity index is 961. The number of rotatable bonds is 9. The summed E-state index contributed by atoms with van der Waals surface area (Å²) in [7, 11) is 0. The van der Waals surface area contributed by atoms with Gasteiger partial charge < -0.3 is 10.6 Å². The average molecular weight is 469 g/mol. The molecule has 28 heavy (non-hydrogen) atoms. The van der Waals surface area contributed by atoms with Gasteiger partial charge in [0, 0.05) is 24.0 Å². The van der Waals surface area contributed by atoms with E-state index in [4.69, 9.17) is 5.73 Å². The van der Waals surface area contributed by atoms with Crippen molar-refractivity contribution in [2.75, 3.05) is 17.2 Å². The number of thiophene rings is 1. The molecule has 0 atom stereocenters. The maximum Gasteiger partial charge on any atom is 0.330 e. The van der Waals surface area contributed by atoms with Gasteiger partial charge in [-0.05, 0) is 47.0 Å². The Kier molecular flexibility index (Phi) is 8.25. The molecule has 2 rings (SSSR count). The molecular weight excluding hydrogens is 444 g/mol. The summed E-state index contributed by atoms with van der Waals surface area (Å²) in [4.78, 5) is 42.1. The number of carbonyl (C=O) groups excluding carboxylic acids is 1. The Balaban J connectivity index is 2.44. The first-order valence-corrected chi connectivity index (χ1v) is 10.9. The second-order valence-electron chi connectivity index (χ2n) is 6.32. The van der Waals surface area contributed by atoms with Crippen LogP contribution in [0.2, 0.25) is 0 Å².